The number of hydrogen-bond acceptors (Lipinski definition) is 4. The predicted octanol–water partition coefficient (Wildman–Crippen LogP) is 2.05. The fourth-order valence-corrected chi connectivity index (χ4v) is 3.29. The van der Waals surface area contributed by atoms with Crippen molar-refractivity contribution in [1.29, 1.82) is 0 Å². The van der Waals surface area contributed by atoms with E-state index in [4.69, 9.17) is 0 Å². The Labute approximate surface area is 142 Å². The highest BCUT2D eigenvalue weighted by Gasteiger charge is 2.06. The van der Waals surface area contributed by atoms with Gasteiger partial charge < -0.3 is 10.6 Å². The molecule has 23 heavy (non-hydrogen) atoms. The van der Waals surface area contributed by atoms with Crippen molar-refractivity contribution in [3.63, 3.8) is 0 Å². The van der Waals surface area contributed by atoms with Crippen molar-refractivity contribution in [2.75, 3.05) is 13.1 Å². The minimum Gasteiger partial charge on any atom is -0.357 e. The molecule has 0 unspecified atom stereocenters. The molecule has 0 radical (unpaired) electrons. The van der Waals surface area contributed by atoms with Gasteiger partial charge in [0.05, 0.1) is 22.9 Å². The third-order valence-corrected chi connectivity index (χ3v) is 4.64. The van der Waals surface area contributed by atoms with Crippen molar-refractivity contribution in [3.8, 4) is 0 Å². The van der Waals surface area contributed by atoms with Gasteiger partial charge in [-0.25, -0.2) is 9.98 Å². The molecule has 2 aromatic rings. The highest BCUT2D eigenvalue weighted by Crippen LogP contribution is 2.17. The lowest BCUT2D eigenvalue weighted by Gasteiger charge is -2.10. The number of nitrogens with zero attached hydrogens (tertiary/aromatic N) is 4. The molecule has 0 aliphatic rings. The lowest BCUT2D eigenvalue weighted by molar-refractivity contribution is 0.707. The van der Waals surface area contributed by atoms with Gasteiger partial charge >= 0.3 is 0 Å². The van der Waals surface area contributed by atoms with Crippen molar-refractivity contribution in [2.24, 2.45) is 12.0 Å². The summed E-state index contributed by atoms with van der Waals surface area (Å²) < 4.78 is 1.84. The number of guanidine groups is 1. The zero-order valence-electron chi connectivity index (χ0n) is 14.4. The molecule has 6 nitrogen and oxygen atoms in total. The van der Waals surface area contributed by atoms with Gasteiger partial charge in [0.1, 0.15) is 0 Å². The largest absolute Gasteiger partial charge is 0.357 e. The van der Waals surface area contributed by atoms with Crippen LogP contribution in [-0.4, -0.2) is 33.8 Å². The summed E-state index contributed by atoms with van der Waals surface area (Å²) in [4.78, 5) is 10.6. The van der Waals surface area contributed by atoms with Gasteiger partial charge in [-0.15, -0.1) is 11.3 Å². The minimum atomic E-state index is 0.613. The smallest absolute Gasteiger partial charge is 0.191 e. The lowest BCUT2D eigenvalue weighted by Crippen LogP contribution is -2.38. The van der Waals surface area contributed by atoms with Crippen molar-refractivity contribution in [3.05, 3.63) is 33.5 Å². The third kappa shape index (κ3) is 5.06. The number of nitrogens with one attached hydrogen (secondary N) is 2. The van der Waals surface area contributed by atoms with E-state index in [1.54, 1.807) is 17.5 Å². The van der Waals surface area contributed by atoms with Gasteiger partial charge in [0.25, 0.3) is 0 Å². The summed E-state index contributed by atoms with van der Waals surface area (Å²) in [5.41, 5.74) is 2.31. The molecule has 7 heteroatoms. The highest BCUT2D eigenvalue weighted by molar-refractivity contribution is 7.11. The zero-order chi connectivity index (χ0) is 16.7. The van der Waals surface area contributed by atoms with Crippen LogP contribution in [0.2, 0.25) is 0 Å². The molecule has 126 valence electrons. The summed E-state index contributed by atoms with van der Waals surface area (Å²) in [7, 11) is 1.93. The first-order valence-corrected chi connectivity index (χ1v) is 8.89. The van der Waals surface area contributed by atoms with Crippen LogP contribution >= 0.6 is 11.3 Å². The number of hydrogen-bond donors (Lipinski definition) is 2. The summed E-state index contributed by atoms with van der Waals surface area (Å²) in [6.07, 6.45) is 3.72. The van der Waals surface area contributed by atoms with Crippen molar-refractivity contribution in [2.45, 2.75) is 40.2 Å². The highest BCUT2D eigenvalue weighted by atomic mass is 32.1. The van der Waals surface area contributed by atoms with Crippen LogP contribution in [0.25, 0.3) is 0 Å². The molecule has 2 heterocycles. The third-order valence-electron chi connectivity index (χ3n) is 3.57. The van der Waals surface area contributed by atoms with E-state index in [-0.39, 0.29) is 0 Å². The SMILES string of the molecule is CCNC(=NCc1ccnn1C)NCCc1nc(CC)c(C)s1. The van der Waals surface area contributed by atoms with Gasteiger partial charge in [-0.05, 0) is 26.3 Å². The summed E-state index contributed by atoms with van der Waals surface area (Å²) in [5.74, 6) is 0.831. The summed E-state index contributed by atoms with van der Waals surface area (Å²) >= 11 is 1.79. The molecule has 0 aromatic carbocycles. The minimum absolute atomic E-state index is 0.613. The Morgan fingerprint density at radius 3 is 2.78 bits per heavy atom. The van der Waals surface area contributed by atoms with Crippen molar-refractivity contribution in [1.82, 2.24) is 25.4 Å². The number of aromatic nitrogens is 3. The second-order valence-corrected chi connectivity index (χ2v) is 6.57. The van der Waals surface area contributed by atoms with Crippen LogP contribution in [0.3, 0.4) is 0 Å². The normalized spacial score (nSPS) is 11.7. The summed E-state index contributed by atoms with van der Waals surface area (Å²) in [6.45, 7) is 8.65. The van der Waals surface area contributed by atoms with Crippen LogP contribution in [0.4, 0.5) is 0 Å². The fourth-order valence-electron chi connectivity index (χ4n) is 2.27. The molecule has 2 N–H and O–H groups in total. The molecule has 0 bridgehead atoms. The first-order chi connectivity index (χ1) is 11.1. The summed E-state index contributed by atoms with van der Waals surface area (Å²) in [5, 5.41) is 12.0. The molecule has 0 saturated heterocycles. The van der Waals surface area contributed by atoms with E-state index in [9.17, 15) is 0 Å². The molecule has 0 atom stereocenters. The Bertz CT molecular complexity index is 643. The molecule has 0 amide bonds. The van der Waals surface area contributed by atoms with Crippen LogP contribution in [0.5, 0.6) is 0 Å². The second kappa shape index (κ2) is 8.67. The van der Waals surface area contributed by atoms with Gasteiger partial charge in [-0.1, -0.05) is 6.92 Å². The van der Waals surface area contributed by atoms with Gasteiger partial charge in [-0.2, -0.15) is 5.10 Å². The monoisotopic (exact) mass is 334 g/mol. The molecule has 0 aliphatic heterocycles. The van der Waals surface area contributed by atoms with E-state index in [0.29, 0.717) is 6.54 Å². The van der Waals surface area contributed by atoms with Gasteiger partial charge in [0.15, 0.2) is 5.96 Å². The number of aliphatic imine (C=N–C) groups is 1. The Balaban J connectivity index is 1.87. The average molecular weight is 334 g/mol. The first kappa shape index (κ1) is 17.5. The van der Waals surface area contributed by atoms with Gasteiger partial charge in [-0.3, -0.25) is 4.68 Å². The van der Waals surface area contributed by atoms with E-state index >= 15 is 0 Å². The van der Waals surface area contributed by atoms with Crippen molar-refractivity contribution >= 4 is 17.3 Å². The van der Waals surface area contributed by atoms with Gasteiger partial charge in [0.2, 0.25) is 0 Å². The molecule has 0 aliphatic carbocycles. The van der Waals surface area contributed by atoms with E-state index in [2.05, 4.69) is 46.5 Å². The zero-order valence-corrected chi connectivity index (χ0v) is 15.2. The van der Waals surface area contributed by atoms with Crippen LogP contribution in [0, 0.1) is 6.92 Å². The Morgan fingerprint density at radius 1 is 1.35 bits per heavy atom. The molecule has 2 rings (SSSR count). The average Bonchev–Trinajstić information content (AvgIpc) is 3.10. The van der Waals surface area contributed by atoms with E-state index in [1.807, 2.05) is 17.8 Å². The quantitative estimate of drug-likeness (QED) is 0.601. The Morgan fingerprint density at radius 2 is 2.17 bits per heavy atom. The second-order valence-electron chi connectivity index (χ2n) is 5.28. The van der Waals surface area contributed by atoms with Gasteiger partial charge in [0, 0.05) is 37.6 Å². The number of aryl methyl sites for hydroxylation is 3. The maximum atomic E-state index is 4.68. The maximum Gasteiger partial charge on any atom is 0.191 e. The molecule has 0 saturated carbocycles. The lowest BCUT2D eigenvalue weighted by atomic mass is 10.3. The molecule has 0 fully saturated rings. The standard InChI is InChI=1S/C16H26N6S/c1-5-14-12(3)23-15(21-14)8-9-18-16(17-6-2)19-11-13-7-10-20-22(13)4/h7,10H,5-6,8-9,11H2,1-4H3,(H2,17,18,19). The van der Waals surface area contributed by atoms with Crippen LogP contribution in [0.1, 0.15) is 35.1 Å². The van der Waals surface area contributed by atoms with Crippen LogP contribution in [-0.2, 0) is 26.4 Å². The number of thiazole rings is 1. The van der Waals surface area contributed by atoms with E-state index in [1.165, 1.54) is 15.6 Å². The van der Waals surface area contributed by atoms with Crippen LogP contribution in [0.15, 0.2) is 17.3 Å². The topological polar surface area (TPSA) is 67.1 Å². The van der Waals surface area contributed by atoms with E-state index in [0.717, 1.165) is 37.6 Å². The predicted molar refractivity (Wildman–Crippen MR) is 96.0 cm³/mol. The molecular weight excluding hydrogens is 308 g/mol. The molecule has 0 spiro atoms. The van der Waals surface area contributed by atoms with Crippen molar-refractivity contribution < 1.29 is 0 Å². The molecular formula is C16H26N6S. The Hall–Kier alpha value is -1.89. The van der Waals surface area contributed by atoms with E-state index < -0.39 is 0 Å². The van der Waals surface area contributed by atoms with Crippen LogP contribution < -0.4 is 10.6 Å². The fraction of sp³-hybridized carbons (Fsp3) is 0.562. The molecule has 2 aromatic heterocycles. The summed E-state index contributed by atoms with van der Waals surface area (Å²) in [6, 6.07) is 1.98. The maximum absolute atomic E-state index is 4.68. The Kier molecular flexibility index (Phi) is 6.58. The first-order valence-electron chi connectivity index (χ1n) is 8.08. The number of rotatable bonds is 7.